The van der Waals surface area contributed by atoms with E-state index in [1.807, 2.05) is 25.1 Å². The molecular formula is C21H26N2O4S. The first-order valence-electron chi connectivity index (χ1n) is 9.46. The molecule has 0 fully saturated rings. The number of nitrogens with zero attached hydrogens (tertiary/aromatic N) is 1. The van der Waals surface area contributed by atoms with E-state index in [9.17, 15) is 13.2 Å². The third-order valence-electron chi connectivity index (χ3n) is 4.81. The van der Waals surface area contributed by atoms with Gasteiger partial charge in [-0.1, -0.05) is 30.3 Å². The molecule has 1 amide bonds. The van der Waals surface area contributed by atoms with Gasteiger partial charge in [0.2, 0.25) is 15.9 Å². The molecule has 2 aromatic rings. The van der Waals surface area contributed by atoms with Crippen molar-refractivity contribution in [3.05, 3.63) is 59.7 Å². The van der Waals surface area contributed by atoms with Crippen molar-refractivity contribution in [1.29, 1.82) is 0 Å². The molecule has 1 N–H and O–H groups in total. The second-order valence-electron chi connectivity index (χ2n) is 6.91. The Morgan fingerprint density at radius 2 is 2.00 bits per heavy atom. The van der Waals surface area contributed by atoms with E-state index in [1.54, 1.807) is 24.3 Å². The number of hydrogen-bond donors (Lipinski definition) is 1. The third-order valence-corrected chi connectivity index (χ3v) is 5.95. The number of amides is 1. The smallest absolute Gasteiger partial charge is 0.241 e. The number of anilines is 1. The lowest BCUT2D eigenvalue weighted by molar-refractivity contribution is -0.120. The number of benzene rings is 2. The van der Waals surface area contributed by atoms with Crippen molar-refractivity contribution in [2.75, 3.05) is 23.7 Å². The van der Waals surface area contributed by atoms with Gasteiger partial charge in [-0.3, -0.25) is 9.10 Å². The topological polar surface area (TPSA) is 75.7 Å². The van der Waals surface area contributed by atoms with Crippen molar-refractivity contribution in [1.82, 2.24) is 5.32 Å². The second-order valence-corrected chi connectivity index (χ2v) is 8.82. The number of carbonyl (C=O) groups is 1. The number of nitrogens with one attached hydrogen (secondary N) is 1. The molecule has 0 spiro atoms. The van der Waals surface area contributed by atoms with Crippen LogP contribution in [0, 0.1) is 0 Å². The third kappa shape index (κ3) is 4.84. The summed E-state index contributed by atoms with van der Waals surface area (Å²) < 4.78 is 31.2. The van der Waals surface area contributed by atoms with Gasteiger partial charge in [0.15, 0.2) is 0 Å². The summed E-state index contributed by atoms with van der Waals surface area (Å²) >= 11 is 0. The van der Waals surface area contributed by atoms with Crippen molar-refractivity contribution < 1.29 is 17.9 Å². The van der Waals surface area contributed by atoms with Gasteiger partial charge in [-0.15, -0.1) is 0 Å². The van der Waals surface area contributed by atoms with Crippen LogP contribution in [0.4, 0.5) is 5.69 Å². The van der Waals surface area contributed by atoms with E-state index in [1.165, 1.54) is 5.56 Å². The molecule has 0 saturated carbocycles. The van der Waals surface area contributed by atoms with Crippen molar-refractivity contribution in [3.63, 3.8) is 0 Å². The Bertz CT molecular complexity index is 943. The van der Waals surface area contributed by atoms with Crippen LogP contribution in [0.3, 0.4) is 0 Å². The Morgan fingerprint density at radius 1 is 1.21 bits per heavy atom. The zero-order valence-corrected chi connectivity index (χ0v) is 17.0. The van der Waals surface area contributed by atoms with Crippen LogP contribution in [-0.4, -0.2) is 33.7 Å². The van der Waals surface area contributed by atoms with Crippen LogP contribution in [0.25, 0.3) is 0 Å². The summed E-state index contributed by atoms with van der Waals surface area (Å²) in [5.41, 5.74) is 2.77. The van der Waals surface area contributed by atoms with Crippen LogP contribution < -0.4 is 14.4 Å². The molecule has 1 atom stereocenters. The molecule has 28 heavy (non-hydrogen) atoms. The summed E-state index contributed by atoms with van der Waals surface area (Å²) in [6, 6.07) is 14.7. The van der Waals surface area contributed by atoms with Crippen molar-refractivity contribution >= 4 is 21.6 Å². The van der Waals surface area contributed by atoms with E-state index >= 15 is 0 Å². The number of ether oxygens (including phenoxy) is 1. The van der Waals surface area contributed by atoms with Gasteiger partial charge in [-0.2, -0.15) is 0 Å². The maximum Gasteiger partial charge on any atom is 0.241 e. The van der Waals surface area contributed by atoms with Gasteiger partial charge in [0.05, 0.1) is 24.6 Å². The molecule has 1 unspecified atom stereocenters. The first-order chi connectivity index (χ1) is 13.4. The van der Waals surface area contributed by atoms with E-state index in [-0.39, 0.29) is 18.5 Å². The molecule has 1 aliphatic carbocycles. The van der Waals surface area contributed by atoms with Crippen molar-refractivity contribution in [3.8, 4) is 5.75 Å². The minimum absolute atomic E-state index is 0.0892. The molecule has 2 aromatic carbocycles. The summed E-state index contributed by atoms with van der Waals surface area (Å²) in [5, 5.41) is 3.01. The average molecular weight is 403 g/mol. The summed E-state index contributed by atoms with van der Waals surface area (Å²) in [7, 11) is -3.63. The zero-order valence-electron chi connectivity index (χ0n) is 16.2. The van der Waals surface area contributed by atoms with Crippen LogP contribution in [0.15, 0.2) is 48.5 Å². The van der Waals surface area contributed by atoms with Gasteiger partial charge in [0.25, 0.3) is 0 Å². The number of carbonyl (C=O) groups excluding carboxylic acids is 1. The van der Waals surface area contributed by atoms with Crippen LogP contribution >= 0.6 is 0 Å². The Morgan fingerprint density at radius 3 is 2.75 bits per heavy atom. The summed E-state index contributed by atoms with van der Waals surface area (Å²) in [5.74, 6) is 0.240. The fourth-order valence-corrected chi connectivity index (χ4v) is 4.42. The van der Waals surface area contributed by atoms with E-state index in [4.69, 9.17) is 4.74 Å². The number of fused-ring (bicyclic) bond motifs is 1. The molecule has 0 heterocycles. The quantitative estimate of drug-likeness (QED) is 0.772. The van der Waals surface area contributed by atoms with Crippen molar-refractivity contribution in [2.24, 2.45) is 0 Å². The molecule has 3 rings (SSSR count). The number of hydrogen-bond acceptors (Lipinski definition) is 4. The molecule has 6 nitrogen and oxygen atoms in total. The van der Waals surface area contributed by atoms with Gasteiger partial charge in [-0.25, -0.2) is 8.42 Å². The Labute approximate surface area is 166 Å². The normalized spacial score (nSPS) is 16.1. The van der Waals surface area contributed by atoms with E-state index in [2.05, 4.69) is 11.4 Å². The highest BCUT2D eigenvalue weighted by Gasteiger charge is 2.25. The highest BCUT2D eigenvalue weighted by molar-refractivity contribution is 7.92. The zero-order chi connectivity index (χ0) is 20.1. The number of rotatable bonds is 7. The van der Waals surface area contributed by atoms with Crippen LogP contribution in [0.5, 0.6) is 5.75 Å². The molecular weight excluding hydrogens is 376 g/mol. The molecule has 0 radical (unpaired) electrons. The summed E-state index contributed by atoms with van der Waals surface area (Å²) in [4.78, 5) is 12.7. The number of aryl methyl sites for hydroxylation is 1. The second kappa shape index (κ2) is 8.65. The summed E-state index contributed by atoms with van der Waals surface area (Å²) in [6.07, 6.45) is 3.95. The fraction of sp³-hybridized carbons (Fsp3) is 0.381. The molecule has 150 valence electrons. The first-order valence-corrected chi connectivity index (χ1v) is 11.3. The lowest BCUT2D eigenvalue weighted by atomic mass is 9.88. The van der Waals surface area contributed by atoms with Gasteiger partial charge in [-0.05, 0) is 49.4 Å². The Kier molecular flexibility index (Phi) is 6.24. The summed E-state index contributed by atoms with van der Waals surface area (Å²) in [6.45, 7) is 2.06. The van der Waals surface area contributed by atoms with E-state index in [0.717, 1.165) is 35.4 Å². The van der Waals surface area contributed by atoms with Gasteiger partial charge in [0.1, 0.15) is 12.3 Å². The molecule has 0 aliphatic heterocycles. The highest BCUT2D eigenvalue weighted by Crippen LogP contribution is 2.29. The highest BCUT2D eigenvalue weighted by atomic mass is 32.2. The SMILES string of the molecule is CCOc1cccc(N(CC(=O)NC2CCCc3ccccc32)S(C)(=O)=O)c1. The Hall–Kier alpha value is -2.54. The average Bonchev–Trinajstić information content (AvgIpc) is 2.66. The minimum atomic E-state index is -3.63. The lowest BCUT2D eigenvalue weighted by Gasteiger charge is -2.28. The molecule has 0 saturated heterocycles. The van der Waals surface area contributed by atoms with Crippen LogP contribution in [0.1, 0.15) is 36.9 Å². The molecule has 7 heteroatoms. The monoisotopic (exact) mass is 402 g/mol. The predicted molar refractivity (Wildman–Crippen MR) is 110 cm³/mol. The van der Waals surface area contributed by atoms with Crippen LogP contribution in [0.2, 0.25) is 0 Å². The van der Waals surface area contributed by atoms with Gasteiger partial charge in [0, 0.05) is 6.07 Å². The lowest BCUT2D eigenvalue weighted by Crippen LogP contribution is -2.42. The van der Waals surface area contributed by atoms with Gasteiger partial charge >= 0.3 is 0 Å². The molecule has 0 aromatic heterocycles. The molecule has 0 bridgehead atoms. The van der Waals surface area contributed by atoms with Crippen molar-refractivity contribution in [2.45, 2.75) is 32.2 Å². The first kappa shape index (κ1) is 20.2. The Balaban J connectivity index is 1.77. The largest absolute Gasteiger partial charge is 0.494 e. The number of sulfonamides is 1. The molecule has 1 aliphatic rings. The predicted octanol–water partition coefficient (Wildman–Crippen LogP) is 3.05. The standard InChI is InChI=1S/C21H26N2O4S/c1-3-27-18-11-7-10-17(14-18)23(28(2,25)26)15-21(24)22-20-13-6-9-16-8-4-5-12-19(16)20/h4-5,7-8,10-12,14,20H,3,6,9,13,15H2,1-2H3,(H,22,24). The van der Waals surface area contributed by atoms with E-state index < -0.39 is 10.0 Å². The van der Waals surface area contributed by atoms with Crippen LogP contribution in [-0.2, 0) is 21.2 Å². The van der Waals surface area contributed by atoms with E-state index in [0.29, 0.717) is 18.0 Å². The maximum atomic E-state index is 12.7. The van der Waals surface area contributed by atoms with Gasteiger partial charge < -0.3 is 10.1 Å². The maximum absolute atomic E-state index is 12.7. The fourth-order valence-electron chi connectivity index (χ4n) is 3.57. The minimum Gasteiger partial charge on any atom is -0.494 e.